The molecule has 17 heavy (non-hydrogen) atoms. The minimum Gasteiger partial charge on any atom is -0.375 e. The molecule has 1 unspecified atom stereocenters. The molecule has 0 aromatic carbocycles. The van der Waals surface area contributed by atoms with E-state index in [1.165, 1.54) is 38.5 Å². The van der Waals surface area contributed by atoms with Gasteiger partial charge in [-0.25, -0.2) is 0 Å². The van der Waals surface area contributed by atoms with Gasteiger partial charge in [0.1, 0.15) is 0 Å². The molecule has 3 rings (SSSR count). The molecule has 1 spiro atoms. The molecule has 3 fully saturated rings. The second-order valence-corrected chi connectivity index (χ2v) is 6.51. The summed E-state index contributed by atoms with van der Waals surface area (Å²) >= 11 is 0. The molecule has 0 radical (unpaired) electrons. The summed E-state index contributed by atoms with van der Waals surface area (Å²) < 4.78 is 6.10. The minimum atomic E-state index is 0.112. The van der Waals surface area contributed by atoms with Crippen molar-refractivity contribution in [2.24, 2.45) is 5.73 Å². The van der Waals surface area contributed by atoms with Gasteiger partial charge in [0.05, 0.1) is 5.60 Å². The summed E-state index contributed by atoms with van der Waals surface area (Å²) in [5.41, 5.74) is 6.64. The first kappa shape index (κ1) is 11.9. The smallest absolute Gasteiger partial charge is 0.0697 e. The Morgan fingerprint density at radius 2 is 2.00 bits per heavy atom. The number of hydrogen-bond acceptors (Lipinski definition) is 3. The molecule has 3 heteroatoms. The normalized spacial score (nSPS) is 36.0. The Kier molecular flexibility index (Phi) is 2.96. The Hall–Kier alpha value is -0.120. The van der Waals surface area contributed by atoms with Gasteiger partial charge >= 0.3 is 0 Å². The first-order valence-corrected chi connectivity index (χ1v) is 7.32. The van der Waals surface area contributed by atoms with E-state index < -0.39 is 0 Å². The maximum atomic E-state index is 6.27. The predicted molar refractivity (Wildman–Crippen MR) is 69.0 cm³/mol. The van der Waals surface area contributed by atoms with Gasteiger partial charge in [-0.1, -0.05) is 19.8 Å². The summed E-state index contributed by atoms with van der Waals surface area (Å²) in [4.78, 5) is 2.60. The molecular weight excluding hydrogens is 212 g/mol. The molecule has 2 saturated heterocycles. The van der Waals surface area contributed by atoms with Crippen LogP contribution in [0.3, 0.4) is 0 Å². The number of likely N-dealkylation sites (tertiary alicyclic amines) is 1. The lowest BCUT2D eigenvalue weighted by atomic mass is 9.82. The molecule has 0 aromatic rings. The number of hydrogen-bond donors (Lipinski definition) is 1. The largest absolute Gasteiger partial charge is 0.375 e. The van der Waals surface area contributed by atoms with Gasteiger partial charge < -0.3 is 10.5 Å². The fraction of sp³-hybridized carbons (Fsp3) is 1.00. The molecule has 2 N–H and O–H groups in total. The third kappa shape index (κ3) is 2.13. The first-order chi connectivity index (χ1) is 8.15. The van der Waals surface area contributed by atoms with E-state index in [4.69, 9.17) is 10.5 Å². The van der Waals surface area contributed by atoms with Gasteiger partial charge in [-0.05, 0) is 32.1 Å². The molecule has 3 aliphatic rings. The van der Waals surface area contributed by atoms with E-state index in [9.17, 15) is 0 Å². The quantitative estimate of drug-likeness (QED) is 0.798. The van der Waals surface area contributed by atoms with Crippen molar-refractivity contribution in [3.63, 3.8) is 0 Å². The van der Waals surface area contributed by atoms with Crippen LogP contribution in [0.25, 0.3) is 0 Å². The summed E-state index contributed by atoms with van der Waals surface area (Å²) in [5, 5.41) is 0. The Morgan fingerprint density at radius 3 is 2.65 bits per heavy atom. The lowest BCUT2D eigenvalue weighted by Crippen LogP contribution is -2.70. The van der Waals surface area contributed by atoms with Gasteiger partial charge in [0.15, 0.2) is 0 Å². The van der Waals surface area contributed by atoms with Crippen molar-refractivity contribution in [2.75, 3.05) is 19.7 Å². The highest BCUT2D eigenvalue weighted by molar-refractivity contribution is 5.04. The van der Waals surface area contributed by atoms with E-state index in [-0.39, 0.29) is 11.1 Å². The molecule has 1 atom stereocenters. The van der Waals surface area contributed by atoms with Crippen molar-refractivity contribution in [1.29, 1.82) is 0 Å². The van der Waals surface area contributed by atoms with E-state index in [1.807, 2.05) is 0 Å². The minimum absolute atomic E-state index is 0.112. The van der Waals surface area contributed by atoms with E-state index in [1.54, 1.807) is 0 Å². The molecule has 98 valence electrons. The zero-order valence-corrected chi connectivity index (χ0v) is 11.1. The van der Waals surface area contributed by atoms with Crippen LogP contribution in [0.2, 0.25) is 0 Å². The van der Waals surface area contributed by atoms with E-state index in [0.29, 0.717) is 0 Å². The second-order valence-electron chi connectivity index (χ2n) is 6.51. The third-order valence-corrected chi connectivity index (χ3v) is 5.24. The van der Waals surface area contributed by atoms with Crippen LogP contribution in [0.5, 0.6) is 0 Å². The van der Waals surface area contributed by atoms with Gasteiger partial charge in [-0.3, -0.25) is 4.90 Å². The van der Waals surface area contributed by atoms with E-state index in [0.717, 1.165) is 32.2 Å². The van der Waals surface area contributed by atoms with Gasteiger partial charge in [0, 0.05) is 31.3 Å². The second kappa shape index (κ2) is 4.22. The zero-order valence-electron chi connectivity index (χ0n) is 11.1. The SMILES string of the molecule is CCC1(N)CN(C2CCOC3(CCCC3)C2)C1. The van der Waals surface area contributed by atoms with E-state index in [2.05, 4.69) is 11.8 Å². The molecule has 2 heterocycles. The van der Waals surface area contributed by atoms with Crippen LogP contribution in [0.4, 0.5) is 0 Å². The van der Waals surface area contributed by atoms with Gasteiger partial charge in [0.2, 0.25) is 0 Å². The summed E-state index contributed by atoms with van der Waals surface area (Å²) in [7, 11) is 0. The van der Waals surface area contributed by atoms with Crippen molar-refractivity contribution >= 4 is 0 Å². The van der Waals surface area contributed by atoms with Crippen molar-refractivity contribution < 1.29 is 4.74 Å². The highest BCUT2D eigenvalue weighted by Gasteiger charge is 2.46. The van der Waals surface area contributed by atoms with Crippen LogP contribution in [0, 0.1) is 0 Å². The zero-order chi connectivity index (χ0) is 11.9. The molecule has 1 aliphatic carbocycles. The summed E-state index contributed by atoms with van der Waals surface area (Å²) in [6.07, 6.45) is 8.88. The van der Waals surface area contributed by atoms with Gasteiger partial charge in [0.25, 0.3) is 0 Å². The average molecular weight is 238 g/mol. The molecule has 0 bridgehead atoms. The summed E-state index contributed by atoms with van der Waals surface area (Å²) in [6, 6.07) is 0.741. The highest BCUT2D eigenvalue weighted by atomic mass is 16.5. The van der Waals surface area contributed by atoms with Gasteiger partial charge in [-0.15, -0.1) is 0 Å². The lowest BCUT2D eigenvalue weighted by molar-refractivity contribution is -0.119. The molecule has 0 aromatic heterocycles. The summed E-state index contributed by atoms with van der Waals surface area (Å²) in [5.74, 6) is 0. The number of ether oxygens (including phenoxy) is 1. The Bertz CT molecular complexity index is 280. The van der Waals surface area contributed by atoms with Crippen LogP contribution in [0.1, 0.15) is 51.9 Å². The Morgan fingerprint density at radius 1 is 1.29 bits per heavy atom. The molecule has 0 amide bonds. The van der Waals surface area contributed by atoms with Crippen LogP contribution >= 0.6 is 0 Å². The van der Waals surface area contributed by atoms with Crippen LogP contribution in [-0.4, -0.2) is 41.8 Å². The third-order valence-electron chi connectivity index (χ3n) is 5.24. The summed E-state index contributed by atoms with van der Waals surface area (Å²) in [6.45, 7) is 5.37. The monoisotopic (exact) mass is 238 g/mol. The van der Waals surface area contributed by atoms with E-state index >= 15 is 0 Å². The Labute approximate surface area is 105 Å². The van der Waals surface area contributed by atoms with Crippen LogP contribution in [0.15, 0.2) is 0 Å². The van der Waals surface area contributed by atoms with Crippen molar-refractivity contribution in [1.82, 2.24) is 4.90 Å². The average Bonchev–Trinajstić information content (AvgIpc) is 2.73. The van der Waals surface area contributed by atoms with Crippen LogP contribution < -0.4 is 5.73 Å². The topological polar surface area (TPSA) is 38.5 Å². The maximum absolute atomic E-state index is 6.27. The number of rotatable bonds is 2. The molecular formula is C14H26N2O. The molecule has 2 aliphatic heterocycles. The highest BCUT2D eigenvalue weighted by Crippen LogP contribution is 2.42. The fourth-order valence-corrected chi connectivity index (χ4v) is 3.93. The van der Waals surface area contributed by atoms with Gasteiger partial charge in [-0.2, -0.15) is 0 Å². The predicted octanol–water partition coefficient (Wildman–Crippen LogP) is 1.90. The lowest BCUT2D eigenvalue weighted by Gasteiger charge is -2.54. The van der Waals surface area contributed by atoms with Crippen LogP contribution in [-0.2, 0) is 4.74 Å². The van der Waals surface area contributed by atoms with Crippen molar-refractivity contribution in [2.45, 2.75) is 69.1 Å². The standard InChI is InChI=1S/C14H26N2O/c1-2-13(15)10-16(11-13)12-5-8-17-14(9-12)6-3-4-7-14/h12H,2-11,15H2,1H3. The number of nitrogens with two attached hydrogens (primary N) is 1. The number of nitrogens with zero attached hydrogens (tertiary/aromatic N) is 1. The first-order valence-electron chi connectivity index (χ1n) is 7.32. The van der Waals surface area contributed by atoms with Crippen molar-refractivity contribution in [3.8, 4) is 0 Å². The molecule has 3 nitrogen and oxygen atoms in total. The maximum Gasteiger partial charge on any atom is 0.0697 e. The Balaban J connectivity index is 1.58. The fourth-order valence-electron chi connectivity index (χ4n) is 3.93. The van der Waals surface area contributed by atoms with Crippen molar-refractivity contribution in [3.05, 3.63) is 0 Å². The molecule has 1 saturated carbocycles.